The number of urea groups is 1. The van der Waals surface area contributed by atoms with Crippen LogP contribution in [0.5, 0.6) is 0 Å². The van der Waals surface area contributed by atoms with Crippen molar-refractivity contribution in [1.82, 2.24) is 5.32 Å². The fourth-order valence-electron chi connectivity index (χ4n) is 1.15. The topological polar surface area (TPSA) is 67.1 Å². The highest BCUT2D eigenvalue weighted by atomic mass is 32.1. The lowest BCUT2D eigenvalue weighted by Crippen LogP contribution is -2.37. The van der Waals surface area contributed by atoms with Crippen LogP contribution in [0.3, 0.4) is 0 Å². The van der Waals surface area contributed by atoms with Gasteiger partial charge >= 0.3 is 12.2 Å². The van der Waals surface area contributed by atoms with Crippen LogP contribution in [0, 0.1) is 0 Å². The molecule has 0 saturated heterocycles. The third-order valence-corrected chi connectivity index (χ3v) is 2.11. The van der Waals surface area contributed by atoms with Gasteiger partial charge in [-0.1, -0.05) is 24.4 Å². The molecule has 8 heteroatoms. The van der Waals surface area contributed by atoms with E-state index in [1.165, 1.54) is 6.07 Å². The smallest absolute Gasteiger partial charge is 0.389 e. The average molecular weight is 277 g/mol. The number of amides is 2. The summed E-state index contributed by atoms with van der Waals surface area (Å²) in [6.07, 6.45) is -4.46. The summed E-state index contributed by atoms with van der Waals surface area (Å²) in [5, 5.41) is 3.92. The summed E-state index contributed by atoms with van der Waals surface area (Å²) in [5.74, 6) is 0. The molecular weight excluding hydrogens is 267 g/mol. The van der Waals surface area contributed by atoms with Crippen molar-refractivity contribution in [2.75, 3.05) is 11.9 Å². The van der Waals surface area contributed by atoms with E-state index in [0.717, 1.165) is 0 Å². The first-order valence-corrected chi connectivity index (χ1v) is 5.21. The summed E-state index contributed by atoms with van der Waals surface area (Å²) in [7, 11) is 0. The molecule has 0 unspecified atom stereocenters. The first kappa shape index (κ1) is 14.2. The van der Waals surface area contributed by atoms with Crippen molar-refractivity contribution in [2.45, 2.75) is 6.18 Å². The Morgan fingerprint density at radius 2 is 1.94 bits per heavy atom. The fraction of sp³-hybridized carbons (Fsp3) is 0.200. The van der Waals surface area contributed by atoms with E-state index in [2.05, 4.69) is 5.32 Å². The molecule has 0 aliphatic carbocycles. The van der Waals surface area contributed by atoms with Crippen molar-refractivity contribution in [3.63, 3.8) is 0 Å². The van der Waals surface area contributed by atoms with Crippen molar-refractivity contribution >= 4 is 28.9 Å². The number of benzene rings is 1. The Labute approximate surface area is 106 Å². The lowest BCUT2D eigenvalue weighted by molar-refractivity contribution is -0.122. The van der Waals surface area contributed by atoms with E-state index in [1.807, 2.05) is 0 Å². The van der Waals surface area contributed by atoms with Crippen molar-refractivity contribution < 1.29 is 18.0 Å². The second-order valence-electron chi connectivity index (χ2n) is 3.33. The second kappa shape index (κ2) is 5.67. The summed E-state index contributed by atoms with van der Waals surface area (Å²) < 4.78 is 35.6. The summed E-state index contributed by atoms with van der Waals surface area (Å²) in [5.41, 5.74) is 6.05. The van der Waals surface area contributed by atoms with Gasteiger partial charge in [-0.3, -0.25) is 0 Å². The molecule has 0 bridgehead atoms. The molecule has 4 nitrogen and oxygen atoms in total. The van der Waals surface area contributed by atoms with Crippen molar-refractivity contribution in [1.29, 1.82) is 0 Å². The molecule has 0 aliphatic rings. The van der Waals surface area contributed by atoms with Gasteiger partial charge in [0.2, 0.25) is 0 Å². The molecule has 18 heavy (non-hydrogen) atoms. The molecule has 1 aromatic rings. The van der Waals surface area contributed by atoms with E-state index < -0.39 is 18.8 Å². The summed E-state index contributed by atoms with van der Waals surface area (Å²) >= 11 is 4.75. The Balaban J connectivity index is 2.68. The zero-order chi connectivity index (χ0) is 13.8. The van der Waals surface area contributed by atoms with E-state index in [1.54, 1.807) is 23.5 Å². The first-order valence-electron chi connectivity index (χ1n) is 4.80. The quantitative estimate of drug-likeness (QED) is 0.740. The summed E-state index contributed by atoms with van der Waals surface area (Å²) in [6.45, 7) is -1.41. The van der Waals surface area contributed by atoms with Gasteiger partial charge in [-0.2, -0.15) is 13.2 Å². The van der Waals surface area contributed by atoms with Crippen LogP contribution in [0.25, 0.3) is 0 Å². The highest BCUT2D eigenvalue weighted by molar-refractivity contribution is 7.80. The molecule has 0 aliphatic heterocycles. The average Bonchev–Trinajstić information content (AvgIpc) is 2.26. The molecule has 1 rings (SSSR count). The first-order chi connectivity index (χ1) is 8.29. The maximum absolute atomic E-state index is 11.9. The number of carbonyl (C=O) groups excluding carboxylic acids is 1. The lowest BCUT2D eigenvalue weighted by atomic mass is 10.2. The molecule has 0 fully saturated rings. The Morgan fingerprint density at radius 1 is 1.33 bits per heavy atom. The Morgan fingerprint density at radius 3 is 2.50 bits per heavy atom. The molecule has 1 aromatic carbocycles. The minimum absolute atomic E-state index is 0.0433. The molecule has 98 valence electrons. The third kappa shape index (κ3) is 4.58. The van der Waals surface area contributed by atoms with Crippen molar-refractivity contribution in [2.24, 2.45) is 5.73 Å². The maximum Gasteiger partial charge on any atom is 0.405 e. The van der Waals surface area contributed by atoms with Gasteiger partial charge in [0.1, 0.15) is 11.5 Å². The number of alkyl halides is 3. The molecule has 0 radical (unpaired) electrons. The zero-order valence-corrected chi connectivity index (χ0v) is 9.86. The highest BCUT2D eigenvalue weighted by Crippen LogP contribution is 2.15. The number of halogens is 3. The largest absolute Gasteiger partial charge is 0.405 e. The molecule has 0 aromatic heterocycles. The number of thiocarbonyl (C=S) groups is 1. The summed E-state index contributed by atoms with van der Waals surface area (Å²) in [4.78, 5) is 11.3. The maximum atomic E-state index is 11.9. The van der Waals surface area contributed by atoms with Gasteiger partial charge in [0, 0.05) is 5.56 Å². The molecular formula is C10H10F3N3OS. The summed E-state index contributed by atoms with van der Waals surface area (Å²) in [6, 6.07) is 5.31. The van der Waals surface area contributed by atoms with Gasteiger partial charge in [0.05, 0.1) is 5.69 Å². The van der Waals surface area contributed by atoms with Crippen LogP contribution >= 0.6 is 12.2 Å². The van der Waals surface area contributed by atoms with Crippen LogP contribution in [-0.4, -0.2) is 23.7 Å². The van der Waals surface area contributed by atoms with Crippen LogP contribution in [0.4, 0.5) is 23.7 Å². The Bertz CT molecular complexity index is 462. The fourth-order valence-corrected chi connectivity index (χ4v) is 1.33. The number of anilines is 1. The van der Waals surface area contributed by atoms with Crippen molar-refractivity contribution in [3.05, 3.63) is 29.8 Å². The van der Waals surface area contributed by atoms with Crippen molar-refractivity contribution in [3.8, 4) is 0 Å². The van der Waals surface area contributed by atoms with E-state index >= 15 is 0 Å². The number of nitrogens with two attached hydrogens (primary N) is 1. The SMILES string of the molecule is NC(=S)c1ccccc1NC(=O)NCC(F)(F)F. The van der Waals surface area contributed by atoms with Gasteiger partial charge in [-0.15, -0.1) is 0 Å². The molecule has 0 saturated carbocycles. The van der Waals surface area contributed by atoms with Crippen LogP contribution in [-0.2, 0) is 0 Å². The number of hydrogen-bond donors (Lipinski definition) is 3. The molecule has 0 spiro atoms. The molecule has 0 heterocycles. The number of rotatable bonds is 3. The number of carbonyl (C=O) groups is 1. The monoisotopic (exact) mass is 277 g/mol. The molecule has 2 amide bonds. The standard InChI is InChI=1S/C10H10F3N3OS/c11-10(12,13)5-15-9(17)16-7-4-2-1-3-6(7)8(14)18/h1-4H,5H2,(H2,14,18)(H2,15,16,17). The molecule has 4 N–H and O–H groups in total. The van der Waals surface area contributed by atoms with Gasteiger partial charge in [0.25, 0.3) is 0 Å². The van der Waals surface area contributed by atoms with Gasteiger partial charge in [-0.25, -0.2) is 4.79 Å². The van der Waals surface area contributed by atoms with Crippen LogP contribution < -0.4 is 16.4 Å². The number of nitrogens with one attached hydrogen (secondary N) is 2. The van der Waals surface area contributed by atoms with Gasteiger partial charge in [0.15, 0.2) is 0 Å². The van der Waals surface area contributed by atoms with Gasteiger partial charge < -0.3 is 16.4 Å². The van der Waals surface area contributed by atoms with Crippen LogP contribution in [0.1, 0.15) is 5.56 Å². The normalized spacial score (nSPS) is 10.8. The number of para-hydroxylation sites is 1. The second-order valence-corrected chi connectivity index (χ2v) is 3.77. The van der Waals surface area contributed by atoms with E-state index in [-0.39, 0.29) is 10.7 Å². The van der Waals surface area contributed by atoms with E-state index in [9.17, 15) is 18.0 Å². The Hall–Kier alpha value is -1.83. The van der Waals surface area contributed by atoms with Gasteiger partial charge in [-0.05, 0) is 12.1 Å². The van der Waals surface area contributed by atoms with E-state index in [4.69, 9.17) is 18.0 Å². The predicted molar refractivity (Wildman–Crippen MR) is 65.4 cm³/mol. The molecule has 0 atom stereocenters. The third-order valence-electron chi connectivity index (χ3n) is 1.89. The minimum atomic E-state index is -4.46. The highest BCUT2D eigenvalue weighted by Gasteiger charge is 2.27. The lowest BCUT2D eigenvalue weighted by Gasteiger charge is -2.12. The Kier molecular flexibility index (Phi) is 4.49. The number of hydrogen-bond acceptors (Lipinski definition) is 2. The predicted octanol–water partition coefficient (Wildman–Crippen LogP) is 2.00. The zero-order valence-electron chi connectivity index (χ0n) is 9.04. The minimum Gasteiger partial charge on any atom is -0.389 e. The van der Waals surface area contributed by atoms with Crippen LogP contribution in [0.15, 0.2) is 24.3 Å². The van der Waals surface area contributed by atoms with E-state index in [0.29, 0.717) is 5.56 Å². The van der Waals surface area contributed by atoms with Crippen LogP contribution in [0.2, 0.25) is 0 Å².